The van der Waals surface area contributed by atoms with E-state index in [1.165, 1.54) is 16.2 Å². The second kappa shape index (κ2) is 6.23. The van der Waals surface area contributed by atoms with Gasteiger partial charge < -0.3 is 0 Å². The lowest BCUT2D eigenvalue weighted by atomic mass is 10.1. The summed E-state index contributed by atoms with van der Waals surface area (Å²) in [7, 11) is 0. The van der Waals surface area contributed by atoms with Crippen molar-refractivity contribution in [2.75, 3.05) is 4.90 Å². The van der Waals surface area contributed by atoms with Crippen molar-refractivity contribution in [2.24, 2.45) is 0 Å². The number of carbonyl (C=O) groups is 2. The van der Waals surface area contributed by atoms with Crippen LogP contribution >= 0.6 is 35.2 Å². The summed E-state index contributed by atoms with van der Waals surface area (Å²) in [5.74, 6) is -0.957. The molecule has 1 aliphatic rings. The number of rotatable bonds is 2. The molecule has 1 saturated heterocycles. The Morgan fingerprint density at radius 1 is 1.26 bits per heavy atom. The molecule has 2 heterocycles. The molecule has 1 N–H and O–H groups in total. The second-order valence-electron chi connectivity index (χ2n) is 4.86. The Balaban J connectivity index is 2.07. The first-order chi connectivity index (χ1) is 11.0. The first-order valence-corrected chi connectivity index (χ1v) is 8.35. The number of hydrogen-bond acceptors (Lipinski definition) is 4. The summed E-state index contributed by atoms with van der Waals surface area (Å²) in [4.78, 5) is 27.1. The molecular formula is C16H11ClN2O2S2. The zero-order chi connectivity index (χ0) is 16.6. The molecule has 0 saturated carbocycles. The van der Waals surface area contributed by atoms with E-state index in [-0.39, 0.29) is 10.7 Å². The maximum absolute atomic E-state index is 12.8. The van der Waals surface area contributed by atoms with Crippen LogP contribution in [0.1, 0.15) is 10.4 Å². The van der Waals surface area contributed by atoms with E-state index in [0.29, 0.717) is 10.7 Å². The molecule has 0 aliphatic carbocycles. The summed E-state index contributed by atoms with van der Waals surface area (Å²) in [5, 5.41) is 5.01. The maximum atomic E-state index is 12.8. The van der Waals surface area contributed by atoms with Crippen LogP contribution in [-0.2, 0) is 9.59 Å². The van der Waals surface area contributed by atoms with E-state index >= 15 is 0 Å². The monoisotopic (exact) mass is 362 g/mol. The fraction of sp³-hybridized carbons (Fsp3) is 0.0625. The van der Waals surface area contributed by atoms with Crippen molar-refractivity contribution in [1.29, 1.82) is 0 Å². The third-order valence-corrected chi connectivity index (χ3v) is 4.92. The van der Waals surface area contributed by atoms with E-state index in [1.54, 1.807) is 31.2 Å². The lowest BCUT2D eigenvalue weighted by Crippen LogP contribution is -2.54. The molecule has 2 amide bonds. The first kappa shape index (κ1) is 15.9. The highest BCUT2D eigenvalue weighted by Crippen LogP contribution is 2.29. The van der Waals surface area contributed by atoms with Crippen LogP contribution in [-0.4, -0.2) is 16.9 Å². The Labute approximate surface area is 147 Å². The highest BCUT2D eigenvalue weighted by Gasteiger charge is 2.35. The number of amides is 2. The van der Waals surface area contributed by atoms with Crippen molar-refractivity contribution in [3.05, 3.63) is 56.7 Å². The Bertz CT molecular complexity index is 844. The van der Waals surface area contributed by atoms with Crippen molar-refractivity contribution in [3.63, 3.8) is 0 Å². The Kier molecular flexibility index (Phi) is 4.30. The van der Waals surface area contributed by atoms with Crippen molar-refractivity contribution in [2.45, 2.75) is 6.92 Å². The molecule has 4 nitrogen and oxygen atoms in total. The molecular weight excluding hydrogens is 352 g/mol. The second-order valence-corrected chi connectivity index (χ2v) is 6.63. The average molecular weight is 363 g/mol. The minimum atomic E-state index is -0.496. The summed E-state index contributed by atoms with van der Waals surface area (Å²) in [6.45, 7) is 1.80. The number of anilines is 1. The van der Waals surface area contributed by atoms with Gasteiger partial charge in [0.15, 0.2) is 5.11 Å². The normalized spacial score (nSPS) is 16.9. The van der Waals surface area contributed by atoms with E-state index in [0.717, 1.165) is 10.4 Å². The summed E-state index contributed by atoms with van der Waals surface area (Å²) < 4.78 is 0. The van der Waals surface area contributed by atoms with Gasteiger partial charge in [-0.15, -0.1) is 11.3 Å². The van der Waals surface area contributed by atoms with Gasteiger partial charge in [-0.25, -0.2) is 0 Å². The Morgan fingerprint density at radius 3 is 2.74 bits per heavy atom. The van der Waals surface area contributed by atoms with Gasteiger partial charge in [-0.05, 0) is 54.4 Å². The van der Waals surface area contributed by atoms with E-state index in [9.17, 15) is 9.59 Å². The molecule has 7 heteroatoms. The third-order valence-electron chi connectivity index (χ3n) is 3.41. The zero-order valence-electron chi connectivity index (χ0n) is 12.0. The molecule has 1 aliphatic heterocycles. The summed E-state index contributed by atoms with van der Waals surface area (Å²) >= 11 is 12.7. The maximum Gasteiger partial charge on any atom is 0.270 e. The molecule has 1 fully saturated rings. The summed E-state index contributed by atoms with van der Waals surface area (Å²) in [6, 6.07) is 8.90. The number of halogens is 1. The predicted octanol–water partition coefficient (Wildman–Crippen LogP) is 3.54. The fourth-order valence-corrected chi connectivity index (χ4v) is 3.33. The highest BCUT2D eigenvalue weighted by atomic mass is 35.5. The number of carbonyl (C=O) groups excluding carboxylic acids is 2. The molecule has 0 bridgehead atoms. The molecule has 0 spiro atoms. The van der Waals surface area contributed by atoms with Gasteiger partial charge in [-0.3, -0.25) is 19.8 Å². The number of nitrogens with one attached hydrogen (secondary N) is 1. The average Bonchev–Trinajstić information content (AvgIpc) is 3.01. The number of benzene rings is 1. The summed E-state index contributed by atoms with van der Waals surface area (Å²) in [6.07, 6.45) is 1.57. The minimum Gasteiger partial charge on any atom is -0.298 e. The largest absolute Gasteiger partial charge is 0.298 e. The minimum absolute atomic E-state index is 0.0421. The Morgan fingerprint density at radius 2 is 2.04 bits per heavy atom. The van der Waals surface area contributed by atoms with E-state index in [2.05, 4.69) is 5.32 Å². The van der Waals surface area contributed by atoms with Gasteiger partial charge in [0.05, 0.1) is 5.69 Å². The van der Waals surface area contributed by atoms with Crippen LogP contribution in [0.15, 0.2) is 41.3 Å². The molecule has 1 aromatic heterocycles. The third kappa shape index (κ3) is 2.93. The van der Waals surface area contributed by atoms with Crippen LogP contribution in [0.25, 0.3) is 6.08 Å². The molecule has 116 valence electrons. The molecule has 2 aromatic rings. The number of hydrogen-bond donors (Lipinski definition) is 1. The molecule has 1 aromatic carbocycles. The predicted molar refractivity (Wildman–Crippen MR) is 96.7 cm³/mol. The quantitative estimate of drug-likeness (QED) is 0.505. The summed E-state index contributed by atoms with van der Waals surface area (Å²) in [5.41, 5.74) is 1.32. The van der Waals surface area contributed by atoms with Crippen LogP contribution in [0.2, 0.25) is 5.02 Å². The van der Waals surface area contributed by atoms with Crippen LogP contribution < -0.4 is 10.2 Å². The smallest absolute Gasteiger partial charge is 0.270 e. The van der Waals surface area contributed by atoms with Gasteiger partial charge in [-0.2, -0.15) is 0 Å². The first-order valence-electron chi connectivity index (χ1n) is 6.69. The van der Waals surface area contributed by atoms with Crippen molar-refractivity contribution in [3.8, 4) is 0 Å². The zero-order valence-corrected chi connectivity index (χ0v) is 14.4. The molecule has 0 atom stereocenters. The van der Waals surface area contributed by atoms with Crippen LogP contribution in [0.3, 0.4) is 0 Å². The van der Waals surface area contributed by atoms with Gasteiger partial charge >= 0.3 is 0 Å². The highest BCUT2D eigenvalue weighted by molar-refractivity contribution is 7.80. The topological polar surface area (TPSA) is 49.4 Å². The van der Waals surface area contributed by atoms with E-state index in [1.807, 2.05) is 17.5 Å². The van der Waals surface area contributed by atoms with Crippen molar-refractivity contribution < 1.29 is 9.59 Å². The van der Waals surface area contributed by atoms with Crippen LogP contribution in [0, 0.1) is 6.92 Å². The van der Waals surface area contributed by atoms with Gasteiger partial charge in [0, 0.05) is 9.90 Å². The number of nitrogens with zero attached hydrogens (tertiary/aromatic N) is 1. The van der Waals surface area contributed by atoms with Crippen LogP contribution in [0.5, 0.6) is 0 Å². The van der Waals surface area contributed by atoms with Crippen LogP contribution in [0.4, 0.5) is 5.69 Å². The fourth-order valence-electron chi connectivity index (χ4n) is 2.23. The van der Waals surface area contributed by atoms with E-state index < -0.39 is 11.8 Å². The molecule has 3 rings (SSSR count). The lowest BCUT2D eigenvalue weighted by Gasteiger charge is -2.30. The van der Waals surface area contributed by atoms with Gasteiger partial charge in [-0.1, -0.05) is 23.7 Å². The standard InChI is InChI=1S/C16H11ClN2O2S2/c1-9-12(17)5-2-6-13(9)19-15(21)11(14(20)18-16(19)22)8-10-4-3-7-23-10/h2-8H,1H3,(H,18,20,22)/b11-8+. The molecule has 23 heavy (non-hydrogen) atoms. The van der Waals surface area contributed by atoms with Crippen molar-refractivity contribution >= 4 is 63.8 Å². The van der Waals surface area contributed by atoms with Gasteiger partial charge in [0.2, 0.25) is 0 Å². The Hall–Kier alpha value is -2.02. The number of thiocarbonyl (C=S) groups is 1. The van der Waals surface area contributed by atoms with E-state index in [4.69, 9.17) is 23.8 Å². The number of thiophene rings is 1. The molecule has 0 radical (unpaired) electrons. The lowest BCUT2D eigenvalue weighted by molar-refractivity contribution is -0.122. The van der Waals surface area contributed by atoms with Gasteiger partial charge in [0.25, 0.3) is 11.8 Å². The van der Waals surface area contributed by atoms with Crippen molar-refractivity contribution in [1.82, 2.24) is 5.32 Å². The molecule has 0 unspecified atom stereocenters. The SMILES string of the molecule is Cc1c(Cl)cccc1N1C(=O)/C(=C/c2cccs2)C(=O)NC1=S. The van der Waals surface area contributed by atoms with Gasteiger partial charge in [0.1, 0.15) is 5.57 Å².